The second-order valence-electron chi connectivity index (χ2n) is 4.06. The highest BCUT2D eigenvalue weighted by Crippen LogP contribution is 2.35. The number of nitrogens with one attached hydrogen (secondary N) is 1. The van der Waals surface area contributed by atoms with Crippen molar-refractivity contribution in [3.8, 4) is 0 Å². The summed E-state index contributed by atoms with van der Waals surface area (Å²) in [5, 5.41) is 16.0. The number of alkyl halides is 3. The molecule has 7 heteroatoms. The number of aliphatic hydroxyl groups excluding tert-OH is 1. The highest BCUT2D eigenvalue weighted by Gasteiger charge is 2.34. The standard InChI is InChI=1S/C12H15F3N2OS/c1-7(4-5-18)19-8-2-3-9(11(16)17)10(6-8)12(13,14)15/h2-3,6-7,18H,4-5H2,1H3,(H3,16,17). The van der Waals surface area contributed by atoms with E-state index in [9.17, 15) is 13.2 Å². The Balaban J connectivity index is 3.09. The topological polar surface area (TPSA) is 70.1 Å². The molecule has 4 N–H and O–H groups in total. The van der Waals surface area contributed by atoms with Gasteiger partial charge in [0, 0.05) is 22.3 Å². The van der Waals surface area contributed by atoms with Gasteiger partial charge in [0.05, 0.1) is 5.56 Å². The van der Waals surface area contributed by atoms with Gasteiger partial charge in [-0.25, -0.2) is 0 Å². The van der Waals surface area contributed by atoms with Crippen LogP contribution in [0, 0.1) is 5.41 Å². The normalized spacial score (nSPS) is 13.3. The van der Waals surface area contributed by atoms with Gasteiger partial charge in [0.15, 0.2) is 0 Å². The van der Waals surface area contributed by atoms with Crippen LogP contribution in [0.3, 0.4) is 0 Å². The molecule has 106 valence electrons. The third kappa shape index (κ3) is 4.43. The lowest BCUT2D eigenvalue weighted by Crippen LogP contribution is -2.19. The van der Waals surface area contributed by atoms with Gasteiger partial charge in [-0.1, -0.05) is 6.92 Å². The Morgan fingerprint density at radius 1 is 1.47 bits per heavy atom. The minimum Gasteiger partial charge on any atom is -0.396 e. The van der Waals surface area contributed by atoms with Crippen molar-refractivity contribution in [1.29, 1.82) is 5.41 Å². The molecule has 0 saturated carbocycles. The molecule has 1 rings (SSSR count). The van der Waals surface area contributed by atoms with Crippen LogP contribution in [-0.4, -0.2) is 22.8 Å². The molecule has 0 amide bonds. The van der Waals surface area contributed by atoms with E-state index in [1.165, 1.54) is 23.9 Å². The van der Waals surface area contributed by atoms with Gasteiger partial charge >= 0.3 is 6.18 Å². The van der Waals surface area contributed by atoms with E-state index in [1.807, 2.05) is 6.92 Å². The molecule has 0 saturated heterocycles. The number of thioether (sulfide) groups is 1. The van der Waals surface area contributed by atoms with Crippen LogP contribution < -0.4 is 5.73 Å². The Morgan fingerprint density at radius 3 is 2.58 bits per heavy atom. The molecule has 0 radical (unpaired) electrons. The second kappa shape index (κ2) is 6.29. The van der Waals surface area contributed by atoms with Gasteiger partial charge < -0.3 is 10.8 Å². The molecule has 0 aliphatic heterocycles. The van der Waals surface area contributed by atoms with Crippen molar-refractivity contribution in [2.45, 2.75) is 29.7 Å². The fourth-order valence-electron chi connectivity index (χ4n) is 1.54. The average molecular weight is 292 g/mol. The van der Waals surface area contributed by atoms with Gasteiger partial charge in [-0.05, 0) is 24.6 Å². The summed E-state index contributed by atoms with van der Waals surface area (Å²) in [7, 11) is 0. The Labute approximate surface area is 113 Å². The zero-order valence-electron chi connectivity index (χ0n) is 10.3. The van der Waals surface area contributed by atoms with Crippen molar-refractivity contribution < 1.29 is 18.3 Å². The number of nitrogen functional groups attached to an aromatic ring is 1. The Hall–Kier alpha value is -1.21. The van der Waals surface area contributed by atoms with E-state index in [0.29, 0.717) is 11.3 Å². The van der Waals surface area contributed by atoms with E-state index in [1.54, 1.807) is 0 Å². The maximum absolute atomic E-state index is 12.9. The highest BCUT2D eigenvalue weighted by atomic mass is 32.2. The minimum atomic E-state index is -4.54. The molecule has 0 aromatic heterocycles. The van der Waals surface area contributed by atoms with Crippen molar-refractivity contribution >= 4 is 17.6 Å². The predicted molar refractivity (Wildman–Crippen MR) is 69.5 cm³/mol. The fraction of sp³-hybridized carbons (Fsp3) is 0.417. The van der Waals surface area contributed by atoms with E-state index in [-0.39, 0.29) is 17.4 Å². The van der Waals surface area contributed by atoms with Crippen LogP contribution in [0.2, 0.25) is 0 Å². The number of nitrogens with two attached hydrogens (primary N) is 1. The van der Waals surface area contributed by atoms with Crippen molar-refractivity contribution in [3.05, 3.63) is 29.3 Å². The van der Waals surface area contributed by atoms with Crippen LogP contribution in [-0.2, 0) is 6.18 Å². The van der Waals surface area contributed by atoms with E-state index >= 15 is 0 Å². The number of aliphatic hydroxyl groups is 1. The zero-order valence-corrected chi connectivity index (χ0v) is 11.1. The van der Waals surface area contributed by atoms with E-state index in [2.05, 4.69) is 0 Å². The zero-order chi connectivity index (χ0) is 14.6. The molecular weight excluding hydrogens is 277 g/mol. The Kier molecular flexibility index (Phi) is 5.25. The van der Waals surface area contributed by atoms with Gasteiger partial charge in [-0.3, -0.25) is 5.41 Å². The summed E-state index contributed by atoms with van der Waals surface area (Å²) in [5.74, 6) is -0.604. The molecule has 0 aliphatic carbocycles. The molecule has 1 aromatic rings. The summed E-state index contributed by atoms with van der Waals surface area (Å²) in [5.41, 5.74) is 3.94. The van der Waals surface area contributed by atoms with Crippen LogP contribution in [0.1, 0.15) is 24.5 Å². The number of rotatable bonds is 5. The summed E-state index contributed by atoms with van der Waals surface area (Å²) in [6, 6.07) is 3.71. The third-order valence-corrected chi connectivity index (χ3v) is 3.62. The van der Waals surface area contributed by atoms with Crippen molar-refractivity contribution in [1.82, 2.24) is 0 Å². The Bertz CT molecular complexity index is 463. The summed E-state index contributed by atoms with van der Waals surface area (Å²) in [4.78, 5) is 0.443. The van der Waals surface area contributed by atoms with Gasteiger partial charge in [-0.15, -0.1) is 11.8 Å². The quantitative estimate of drug-likeness (QED) is 0.444. The number of hydrogen-bond acceptors (Lipinski definition) is 3. The van der Waals surface area contributed by atoms with Crippen LogP contribution in [0.5, 0.6) is 0 Å². The van der Waals surface area contributed by atoms with Gasteiger partial charge in [0.25, 0.3) is 0 Å². The molecular formula is C12H15F3N2OS. The van der Waals surface area contributed by atoms with Crippen LogP contribution in [0.15, 0.2) is 23.1 Å². The minimum absolute atomic E-state index is 0.00811. The summed E-state index contributed by atoms with van der Waals surface area (Å²) < 4.78 is 38.6. The van der Waals surface area contributed by atoms with E-state index < -0.39 is 17.6 Å². The average Bonchev–Trinajstić information content (AvgIpc) is 2.27. The lowest BCUT2D eigenvalue weighted by atomic mass is 10.1. The lowest BCUT2D eigenvalue weighted by Gasteiger charge is -2.15. The van der Waals surface area contributed by atoms with Crippen molar-refractivity contribution in [2.75, 3.05) is 6.61 Å². The molecule has 0 spiro atoms. The van der Waals surface area contributed by atoms with Crippen molar-refractivity contribution in [2.24, 2.45) is 5.73 Å². The summed E-state index contributed by atoms with van der Waals surface area (Å²) in [6.45, 7) is 1.82. The molecule has 1 atom stereocenters. The Morgan fingerprint density at radius 2 is 2.11 bits per heavy atom. The third-order valence-electron chi connectivity index (χ3n) is 2.46. The first-order chi connectivity index (χ1) is 8.75. The van der Waals surface area contributed by atoms with Gasteiger partial charge in [0.1, 0.15) is 5.84 Å². The van der Waals surface area contributed by atoms with Gasteiger partial charge in [-0.2, -0.15) is 13.2 Å². The SMILES string of the molecule is CC(CCO)Sc1ccc(C(=N)N)c(C(F)(F)F)c1. The van der Waals surface area contributed by atoms with Crippen molar-refractivity contribution in [3.63, 3.8) is 0 Å². The number of amidine groups is 1. The van der Waals surface area contributed by atoms with Crippen LogP contribution >= 0.6 is 11.8 Å². The van der Waals surface area contributed by atoms with Gasteiger partial charge in [0.2, 0.25) is 0 Å². The lowest BCUT2D eigenvalue weighted by molar-refractivity contribution is -0.137. The molecule has 0 heterocycles. The molecule has 3 nitrogen and oxygen atoms in total. The summed E-state index contributed by atoms with van der Waals surface area (Å²) >= 11 is 1.25. The number of halogens is 3. The first-order valence-electron chi connectivity index (χ1n) is 5.59. The maximum Gasteiger partial charge on any atom is 0.417 e. The van der Waals surface area contributed by atoms with Crippen LogP contribution in [0.25, 0.3) is 0 Å². The first-order valence-corrected chi connectivity index (χ1v) is 6.46. The smallest absolute Gasteiger partial charge is 0.396 e. The summed E-state index contributed by atoms with van der Waals surface area (Å²) in [6.07, 6.45) is -4.04. The molecule has 1 unspecified atom stereocenters. The monoisotopic (exact) mass is 292 g/mol. The predicted octanol–water partition coefficient (Wildman–Crippen LogP) is 2.85. The maximum atomic E-state index is 12.9. The molecule has 19 heavy (non-hydrogen) atoms. The highest BCUT2D eigenvalue weighted by molar-refractivity contribution is 7.99. The number of benzene rings is 1. The van der Waals surface area contributed by atoms with Crippen LogP contribution in [0.4, 0.5) is 13.2 Å². The molecule has 0 bridgehead atoms. The fourth-order valence-corrected chi connectivity index (χ4v) is 2.56. The molecule has 0 fully saturated rings. The van der Waals surface area contributed by atoms with E-state index in [4.69, 9.17) is 16.2 Å². The largest absolute Gasteiger partial charge is 0.417 e. The molecule has 0 aliphatic rings. The first kappa shape index (κ1) is 15.8. The molecule has 1 aromatic carbocycles. The number of hydrogen-bond donors (Lipinski definition) is 3. The second-order valence-corrected chi connectivity index (χ2v) is 5.57. The van der Waals surface area contributed by atoms with E-state index in [0.717, 1.165) is 6.07 Å².